The Labute approximate surface area is 112 Å². The summed E-state index contributed by atoms with van der Waals surface area (Å²) >= 11 is 11.1. The highest BCUT2D eigenvalue weighted by molar-refractivity contribution is 9.10. The van der Waals surface area contributed by atoms with Crippen LogP contribution in [0.25, 0.3) is 10.6 Å². The van der Waals surface area contributed by atoms with Crippen molar-refractivity contribution in [3.8, 4) is 10.6 Å². The van der Waals surface area contributed by atoms with Gasteiger partial charge in [-0.2, -0.15) is 0 Å². The molecule has 1 aromatic heterocycles. The quantitative estimate of drug-likeness (QED) is 0.927. The van der Waals surface area contributed by atoms with Crippen LogP contribution in [0.3, 0.4) is 0 Å². The molecule has 2 aromatic rings. The molecule has 0 radical (unpaired) electrons. The number of nitrogens with one attached hydrogen (secondary N) is 1. The Hall–Kier alpha value is -0.420. The second-order valence-corrected chi connectivity index (χ2v) is 5.80. The Morgan fingerprint density at radius 3 is 3.00 bits per heavy atom. The summed E-state index contributed by atoms with van der Waals surface area (Å²) in [5.74, 6) is 0. The Morgan fingerprint density at radius 1 is 1.50 bits per heavy atom. The van der Waals surface area contributed by atoms with Crippen LogP contribution in [0.2, 0.25) is 4.34 Å². The zero-order valence-corrected chi connectivity index (χ0v) is 11.8. The molecule has 0 saturated heterocycles. The largest absolute Gasteiger partial charge is 0.314 e. The van der Waals surface area contributed by atoms with E-state index in [1.54, 1.807) is 0 Å². The van der Waals surface area contributed by atoms with Crippen LogP contribution in [0.4, 0.5) is 0 Å². The fourth-order valence-corrected chi connectivity index (χ4v) is 2.89. The molecule has 0 amide bonds. The molecule has 2 nitrogen and oxygen atoms in total. The highest BCUT2D eigenvalue weighted by Crippen LogP contribution is 2.32. The molecule has 1 heterocycles. The van der Waals surface area contributed by atoms with Gasteiger partial charge in [0, 0.05) is 16.6 Å². The predicted molar refractivity (Wildman–Crippen MR) is 73.0 cm³/mol. The Bertz CT molecular complexity index is 498. The lowest BCUT2D eigenvalue weighted by molar-refractivity contribution is 0.798. The van der Waals surface area contributed by atoms with E-state index in [0.717, 1.165) is 25.1 Å². The zero-order chi connectivity index (χ0) is 11.5. The van der Waals surface area contributed by atoms with Crippen LogP contribution in [0.15, 0.2) is 28.7 Å². The summed E-state index contributed by atoms with van der Waals surface area (Å²) in [6.45, 7) is 0.698. The summed E-state index contributed by atoms with van der Waals surface area (Å²) in [7, 11) is 1.88. The highest BCUT2D eigenvalue weighted by atomic mass is 79.9. The molecule has 0 saturated carbocycles. The summed E-state index contributed by atoms with van der Waals surface area (Å²) < 4.78 is 1.80. The minimum absolute atomic E-state index is 0.698. The minimum Gasteiger partial charge on any atom is -0.314 e. The van der Waals surface area contributed by atoms with Crippen molar-refractivity contribution in [2.75, 3.05) is 7.05 Å². The van der Waals surface area contributed by atoms with Crippen LogP contribution < -0.4 is 5.32 Å². The van der Waals surface area contributed by atoms with Crippen molar-refractivity contribution in [3.63, 3.8) is 0 Å². The topological polar surface area (TPSA) is 24.9 Å². The van der Waals surface area contributed by atoms with E-state index in [2.05, 4.69) is 26.2 Å². The molecule has 0 unspecified atom stereocenters. The standard InChI is InChI=1S/C11H10BrClN2S/c1-14-6-9-10(13)16-11(15-9)7-3-2-4-8(12)5-7/h2-5,14H,6H2,1H3. The van der Waals surface area contributed by atoms with Gasteiger partial charge in [0.2, 0.25) is 0 Å². The van der Waals surface area contributed by atoms with Gasteiger partial charge in [-0.15, -0.1) is 11.3 Å². The molecule has 0 atom stereocenters. The summed E-state index contributed by atoms with van der Waals surface area (Å²) in [4.78, 5) is 4.51. The molecule has 0 spiro atoms. The van der Waals surface area contributed by atoms with Gasteiger partial charge in [-0.3, -0.25) is 0 Å². The molecule has 0 aliphatic rings. The monoisotopic (exact) mass is 316 g/mol. The summed E-state index contributed by atoms with van der Waals surface area (Å²) in [6, 6.07) is 8.06. The first-order valence-corrected chi connectivity index (χ1v) is 6.75. The van der Waals surface area contributed by atoms with Crippen molar-refractivity contribution in [3.05, 3.63) is 38.8 Å². The summed E-state index contributed by atoms with van der Waals surface area (Å²) in [5, 5.41) is 4.01. The van der Waals surface area contributed by atoms with Gasteiger partial charge in [0.1, 0.15) is 9.34 Å². The van der Waals surface area contributed by atoms with Gasteiger partial charge in [0.15, 0.2) is 0 Å². The first-order chi connectivity index (χ1) is 7.70. The van der Waals surface area contributed by atoms with E-state index in [1.807, 2.05) is 31.3 Å². The van der Waals surface area contributed by atoms with Gasteiger partial charge in [0.05, 0.1) is 5.69 Å². The molecule has 0 fully saturated rings. The number of benzene rings is 1. The Balaban J connectivity index is 2.37. The average Bonchev–Trinajstić information content (AvgIpc) is 2.61. The smallest absolute Gasteiger partial charge is 0.125 e. The number of nitrogens with zero attached hydrogens (tertiary/aromatic N) is 1. The second-order valence-electron chi connectivity index (χ2n) is 3.28. The third-order valence-electron chi connectivity index (χ3n) is 2.07. The van der Waals surface area contributed by atoms with E-state index in [1.165, 1.54) is 11.3 Å². The third kappa shape index (κ3) is 2.63. The number of aromatic nitrogens is 1. The second kappa shape index (κ2) is 5.27. The van der Waals surface area contributed by atoms with Crippen molar-refractivity contribution in [1.29, 1.82) is 0 Å². The Kier molecular flexibility index (Phi) is 3.97. The fraction of sp³-hybridized carbons (Fsp3) is 0.182. The number of rotatable bonds is 3. The van der Waals surface area contributed by atoms with Crippen molar-refractivity contribution >= 4 is 38.9 Å². The zero-order valence-electron chi connectivity index (χ0n) is 8.63. The molecular formula is C11H10BrClN2S. The van der Waals surface area contributed by atoms with Gasteiger partial charge in [-0.25, -0.2) is 4.98 Å². The minimum atomic E-state index is 0.698. The highest BCUT2D eigenvalue weighted by Gasteiger charge is 2.10. The number of halogens is 2. The van der Waals surface area contributed by atoms with Crippen molar-refractivity contribution in [1.82, 2.24) is 10.3 Å². The third-order valence-corrected chi connectivity index (χ3v) is 3.94. The molecular weight excluding hydrogens is 308 g/mol. The lowest BCUT2D eigenvalue weighted by Gasteiger charge is -1.96. The van der Waals surface area contributed by atoms with Crippen LogP contribution in [-0.2, 0) is 6.54 Å². The molecule has 2 rings (SSSR count). The maximum atomic E-state index is 6.12. The molecule has 16 heavy (non-hydrogen) atoms. The van der Waals surface area contributed by atoms with Gasteiger partial charge < -0.3 is 5.32 Å². The number of thiazole rings is 1. The van der Waals surface area contributed by atoms with Crippen LogP contribution in [0.1, 0.15) is 5.69 Å². The van der Waals surface area contributed by atoms with E-state index in [-0.39, 0.29) is 0 Å². The number of hydrogen-bond donors (Lipinski definition) is 1. The van der Waals surface area contributed by atoms with Crippen molar-refractivity contribution in [2.45, 2.75) is 6.54 Å². The molecule has 0 bridgehead atoms. The van der Waals surface area contributed by atoms with Crippen LogP contribution in [-0.4, -0.2) is 12.0 Å². The van der Waals surface area contributed by atoms with Gasteiger partial charge >= 0.3 is 0 Å². The lowest BCUT2D eigenvalue weighted by atomic mass is 10.2. The maximum Gasteiger partial charge on any atom is 0.125 e. The van der Waals surface area contributed by atoms with Crippen LogP contribution in [0, 0.1) is 0 Å². The molecule has 5 heteroatoms. The number of hydrogen-bond acceptors (Lipinski definition) is 3. The van der Waals surface area contributed by atoms with E-state index < -0.39 is 0 Å². The molecule has 1 N–H and O–H groups in total. The first kappa shape index (κ1) is 12.0. The molecule has 1 aromatic carbocycles. The van der Waals surface area contributed by atoms with E-state index in [4.69, 9.17) is 11.6 Å². The Morgan fingerprint density at radius 2 is 2.31 bits per heavy atom. The predicted octanol–water partition coefficient (Wildman–Crippen LogP) is 3.95. The van der Waals surface area contributed by atoms with Gasteiger partial charge in [0.25, 0.3) is 0 Å². The SMILES string of the molecule is CNCc1nc(-c2cccc(Br)c2)sc1Cl. The lowest BCUT2D eigenvalue weighted by Crippen LogP contribution is -2.05. The van der Waals surface area contributed by atoms with Crippen molar-refractivity contribution in [2.24, 2.45) is 0 Å². The van der Waals surface area contributed by atoms with Gasteiger partial charge in [-0.05, 0) is 19.2 Å². The van der Waals surface area contributed by atoms with E-state index in [9.17, 15) is 0 Å². The normalized spacial score (nSPS) is 10.7. The fourth-order valence-electron chi connectivity index (χ4n) is 1.35. The van der Waals surface area contributed by atoms with E-state index >= 15 is 0 Å². The molecule has 84 valence electrons. The first-order valence-electron chi connectivity index (χ1n) is 4.76. The maximum absolute atomic E-state index is 6.12. The van der Waals surface area contributed by atoms with Crippen LogP contribution in [0.5, 0.6) is 0 Å². The van der Waals surface area contributed by atoms with Crippen molar-refractivity contribution < 1.29 is 0 Å². The summed E-state index contributed by atoms with van der Waals surface area (Å²) in [6.07, 6.45) is 0. The molecule has 0 aliphatic heterocycles. The molecule has 0 aliphatic carbocycles. The van der Waals surface area contributed by atoms with Gasteiger partial charge in [-0.1, -0.05) is 39.7 Å². The summed E-state index contributed by atoms with van der Waals surface area (Å²) in [5.41, 5.74) is 1.99. The van der Waals surface area contributed by atoms with Crippen LogP contribution >= 0.6 is 38.9 Å². The average molecular weight is 318 g/mol. The van der Waals surface area contributed by atoms with E-state index in [0.29, 0.717) is 6.54 Å².